The molecule has 1 aromatic heterocycles. The first-order valence-corrected chi connectivity index (χ1v) is 4.14. The molecule has 0 saturated heterocycles. The van der Waals surface area contributed by atoms with Crippen molar-refractivity contribution in [1.82, 2.24) is 10.2 Å². The van der Waals surface area contributed by atoms with Crippen molar-refractivity contribution in [3.05, 3.63) is 17.8 Å². The standard InChI is InChI=1S/C9H12N2O3/c1-9(2,3)14-7-5-4-6(8(12)13)10-11-7/h4-5H,1-3H3,(H,12,13). The number of hydrogen-bond donors (Lipinski definition) is 1. The first-order chi connectivity index (χ1) is 6.38. The number of ether oxygens (including phenoxy) is 1. The van der Waals surface area contributed by atoms with Crippen LogP contribution >= 0.6 is 0 Å². The summed E-state index contributed by atoms with van der Waals surface area (Å²) >= 11 is 0. The van der Waals surface area contributed by atoms with E-state index in [1.54, 1.807) is 0 Å². The lowest BCUT2D eigenvalue weighted by atomic mass is 10.2. The Morgan fingerprint density at radius 2 is 2.00 bits per heavy atom. The zero-order valence-electron chi connectivity index (χ0n) is 8.31. The summed E-state index contributed by atoms with van der Waals surface area (Å²) in [7, 11) is 0. The normalized spacial score (nSPS) is 11.1. The van der Waals surface area contributed by atoms with Gasteiger partial charge < -0.3 is 9.84 Å². The highest BCUT2D eigenvalue weighted by molar-refractivity contribution is 5.84. The molecule has 0 saturated carbocycles. The topological polar surface area (TPSA) is 72.3 Å². The van der Waals surface area contributed by atoms with E-state index in [9.17, 15) is 4.79 Å². The number of hydrogen-bond acceptors (Lipinski definition) is 4. The van der Waals surface area contributed by atoms with Crippen LogP contribution in [0.3, 0.4) is 0 Å². The number of rotatable bonds is 2. The van der Waals surface area contributed by atoms with Crippen molar-refractivity contribution in [2.75, 3.05) is 0 Å². The highest BCUT2D eigenvalue weighted by atomic mass is 16.5. The van der Waals surface area contributed by atoms with Crippen molar-refractivity contribution >= 4 is 5.97 Å². The Balaban J connectivity index is 2.79. The highest BCUT2D eigenvalue weighted by Gasteiger charge is 2.13. The van der Waals surface area contributed by atoms with Crippen LogP contribution in [0.4, 0.5) is 0 Å². The molecular formula is C9H12N2O3. The fraction of sp³-hybridized carbons (Fsp3) is 0.444. The lowest BCUT2D eigenvalue weighted by Gasteiger charge is -2.19. The molecule has 1 aromatic rings. The van der Waals surface area contributed by atoms with Crippen molar-refractivity contribution in [3.63, 3.8) is 0 Å². The molecule has 0 spiro atoms. The molecule has 0 amide bonds. The van der Waals surface area contributed by atoms with Crippen molar-refractivity contribution in [1.29, 1.82) is 0 Å². The molecule has 5 heteroatoms. The molecule has 0 fully saturated rings. The lowest BCUT2D eigenvalue weighted by Crippen LogP contribution is -2.23. The Kier molecular flexibility index (Phi) is 2.69. The van der Waals surface area contributed by atoms with Gasteiger partial charge in [0.2, 0.25) is 5.88 Å². The summed E-state index contributed by atoms with van der Waals surface area (Å²) in [6, 6.07) is 2.85. The molecule has 0 aliphatic carbocycles. The number of carboxylic acid groups (broad SMARTS) is 1. The van der Waals surface area contributed by atoms with Crippen LogP contribution in [0.2, 0.25) is 0 Å². The van der Waals surface area contributed by atoms with Crippen LogP contribution in [-0.4, -0.2) is 26.9 Å². The van der Waals surface area contributed by atoms with Crippen LogP contribution in [0, 0.1) is 0 Å². The van der Waals surface area contributed by atoms with Gasteiger partial charge in [-0.2, -0.15) is 0 Å². The van der Waals surface area contributed by atoms with Crippen LogP contribution in [0.1, 0.15) is 31.3 Å². The van der Waals surface area contributed by atoms with Crippen LogP contribution in [0.15, 0.2) is 12.1 Å². The Morgan fingerprint density at radius 3 is 2.36 bits per heavy atom. The van der Waals surface area contributed by atoms with Gasteiger partial charge in [-0.05, 0) is 26.8 Å². The smallest absolute Gasteiger partial charge is 0.356 e. The summed E-state index contributed by atoms with van der Waals surface area (Å²) in [4.78, 5) is 10.5. The number of carboxylic acids is 1. The fourth-order valence-electron chi connectivity index (χ4n) is 0.802. The molecule has 0 bridgehead atoms. The molecule has 0 atom stereocenters. The van der Waals surface area contributed by atoms with E-state index in [1.807, 2.05) is 20.8 Å². The predicted octanol–water partition coefficient (Wildman–Crippen LogP) is 1.35. The van der Waals surface area contributed by atoms with Crippen LogP contribution in [-0.2, 0) is 0 Å². The van der Waals surface area contributed by atoms with Gasteiger partial charge >= 0.3 is 5.97 Å². The van der Waals surface area contributed by atoms with Crippen LogP contribution in [0.25, 0.3) is 0 Å². The SMILES string of the molecule is CC(C)(C)Oc1ccc(C(=O)O)nn1. The molecule has 1 N–H and O–H groups in total. The molecule has 0 aliphatic rings. The second kappa shape index (κ2) is 3.61. The summed E-state index contributed by atoms with van der Waals surface area (Å²) in [6.07, 6.45) is 0. The maximum atomic E-state index is 10.5. The molecule has 0 radical (unpaired) electrons. The summed E-state index contributed by atoms with van der Waals surface area (Å²) in [5.74, 6) is -0.776. The number of aromatic carboxylic acids is 1. The number of carbonyl (C=O) groups is 1. The zero-order valence-corrected chi connectivity index (χ0v) is 8.31. The lowest BCUT2D eigenvalue weighted by molar-refractivity contribution is 0.0688. The summed E-state index contributed by atoms with van der Waals surface area (Å²) < 4.78 is 5.37. The van der Waals surface area contributed by atoms with Gasteiger partial charge in [-0.15, -0.1) is 10.2 Å². The first kappa shape index (κ1) is 10.4. The largest absolute Gasteiger partial charge is 0.476 e. The van der Waals surface area contributed by atoms with Gasteiger partial charge in [0.25, 0.3) is 0 Å². The second-order valence-electron chi connectivity index (χ2n) is 3.78. The van der Waals surface area contributed by atoms with Gasteiger partial charge in [0.1, 0.15) is 5.60 Å². The number of nitrogens with zero attached hydrogens (tertiary/aromatic N) is 2. The summed E-state index contributed by atoms with van der Waals surface area (Å²) in [6.45, 7) is 5.62. The monoisotopic (exact) mass is 196 g/mol. The molecule has 1 heterocycles. The Labute approximate surface area is 81.7 Å². The van der Waals surface area contributed by atoms with Gasteiger partial charge in [-0.3, -0.25) is 0 Å². The Bertz CT molecular complexity index is 327. The van der Waals surface area contributed by atoms with E-state index in [0.29, 0.717) is 5.88 Å². The molecule has 5 nitrogen and oxygen atoms in total. The Morgan fingerprint density at radius 1 is 1.36 bits per heavy atom. The van der Waals surface area contributed by atoms with E-state index < -0.39 is 5.97 Å². The average molecular weight is 196 g/mol. The van der Waals surface area contributed by atoms with Crippen molar-refractivity contribution in [2.24, 2.45) is 0 Å². The predicted molar refractivity (Wildman–Crippen MR) is 49.4 cm³/mol. The van der Waals surface area contributed by atoms with Crippen molar-refractivity contribution < 1.29 is 14.6 Å². The van der Waals surface area contributed by atoms with E-state index in [0.717, 1.165) is 0 Å². The van der Waals surface area contributed by atoms with E-state index in [-0.39, 0.29) is 11.3 Å². The van der Waals surface area contributed by atoms with Crippen molar-refractivity contribution in [2.45, 2.75) is 26.4 Å². The third kappa shape index (κ3) is 3.01. The maximum Gasteiger partial charge on any atom is 0.356 e. The molecule has 0 aromatic carbocycles. The molecular weight excluding hydrogens is 184 g/mol. The summed E-state index contributed by atoms with van der Waals surface area (Å²) in [5.41, 5.74) is -0.453. The van der Waals surface area contributed by atoms with Crippen LogP contribution < -0.4 is 4.74 Å². The van der Waals surface area contributed by atoms with E-state index in [4.69, 9.17) is 9.84 Å². The van der Waals surface area contributed by atoms with Gasteiger partial charge in [0, 0.05) is 6.07 Å². The van der Waals surface area contributed by atoms with E-state index in [1.165, 1.54) is 12.1 Å². The Hall–Kier alpha value is -1.65. The average Bonchev–Trinajstić information content (AvgIpc) is 2.02. The minimum Gasteiger partial charge on any atom is -0.476 e. The molecule has 0 unspecified atom stereocenters. The first-order valence-electron chi connectivity index (χ1n) is 4.14. The van der Waals surface area contributed by atoms with Crippen molar-refractivity contribution in [3.8, 4) is 5.88 Å². The molecule has 1 rings (SSSR count). The van der Waals surface area contributed by atoms with E-state index in [2.05, 4.69) is 10.2 Å². The van der Waals surface area contributed by atoms with Gasteiger partial charge in [0.15, 0.2) is 5.69 Å². The fourth-order valence-corrected chi connectivity index (χ4v) is 0.802. The number of aromatic nitrogens is 2. The van der Waals surface area contributed by atoms with Gasteiger partial charge in [0.05, 0.1) is 0 Å². The third-order valence-corrected chi connectivity index (χ3v) is 1.27. The maximum absolute atomic E-state index is 10.5. The summed E-state index contributed by atoms with van der Waals surface area (Å²) in [5, 5.41) is 15.7. The van der Waals surface area contributed by atoms with Gasteiger partial charge in [-0.25, -0.2) is 4.79 Å². The van der Waals surface area contributed by atoms with E-state index >= 15 is 0 Å². The molecule has 0 aliphatic heterocycles. The van der Waals surface area contributed by atoms with Gasteiger partial charge in [-0.1, -0.05) is 0 Å². The minimum absolute atomic E-state index is 0.0914. The quantitative estimate of drug-likeness (QED) is 0.772. The minimum atomic E-state index is -1.10. The third-order valence-electron chi connectivity index (χ3n) is 1.27. The zero-order chi connectivity index (χ0) is 10.8. The van der Waals surface area contributed by atoms with Crippen LogP contribution in [0.5, 0.6) is 5.88 Å². The highest BCUT2D eigenvalue weighted by Crippen LogP contribution is 2.13. The second-order valence-corrected chi connectivity index (χ2v) is 3.78. The molecule has 14 heavy (non-hydrogen) atoms. The molecule has 76 valence electrons.